The summed E-state index contributed by atoms with van der Waals surface area (Å²) >= 11 is 2.16. The molecule has 0 saturated carbocycles. The molecule has 1 aromatic rings. The number of hydrogen-bond acceptors (Lipinski definition) is 2. The van der Waals surface area contributed by atoms with Crippen molar-refractivity contribution in [3.05, 3.63) is 27.3 Å². The van der Waals surface area contributed by atoms with Crippen molar-refractivity contribution in [2.75, 3.05) is 6.54 Å². The normalized spacial score (nSPS) is 22.1. The predicted octanol–water partition coefficient (Wildman–Crippen LogP) is 2.42. The Morgan fingerprint density at radius 2 is 2.31 bits per heavy atom. The lowest BCUT2D eigenvalue weighted by atomic mass is 10.1. The van der Waals surface area contributed by atoms with Crippen LogP contribution in [0.5, 0.6) is 5.75 Å². The Bertz CT molecular complexity index is 308. The molecular weight excluding hydrogens is 277 g/mol. The van der Waals surface area contributed by atoms with Gasteiger partial charge in [-0.25, -0.2) is 0 Å². The zero-order valence-corrected chi connectivity index (χ0v) is 9.41. The highest BCUT2D eigenvalue weighted by atomic mass is 127. The van der Waals surface area contributed by atoms with Crippen LogP contribution in [0, 0.1) is 3.57 Å². The van der Waals surface area contributed by atoms with Gasteiger partial charge in [-0.05, 0) is 59.7 Å². The first-order valence-corrected chi connectivity index (χ1v) is 5.57. The Balaban J connectivity index is 2.25. The molecule has 0 unspecified atom stereocenters. The monoisotopic (exact) mass is 289 g/mol. The molecule has 13 heavy (non-hydrogen) atoms. The van der Waals surface area contributed by atoms with E-state index in [0.29, 0.717) is 11.8 Å². The van der Waals surface area contributed by atoms with Gasteiger partial charge < -0.3 is 10.4 Å². The van der Waals surface area contributed by atoms with Crippen molar-refractivity contribution in [2.45, 2.75) is 18.9 Å². The molecule has 3 heteroatoms. The number of benzene rings is 1. The predicted molar refractivity (Wildman–Crippen MR) is 60.8 cm³/mol. The molecule has 1 aliphatic rings. The summed E-state index contributed by atoms with van der Waals surface area (Å²) in [6.45, 7) is 1.11. The zero-order valence-electron chi connectivity index (χ0n) is 7.26. The first kappa shape index (κ1) is 9.27. The van der Waals surface area contributed by atoms with Crippen LogP contribution in [0.25, 0.3) is 0 Å². The van der Waals surface area contributed by atoms with Gasteiger partial charge in [-0.3, -0.25) is 0 Å². The van der Waals surface area contributed by atoms with E-state index in [9.17, 15) is 5.11 Å². The number of phenolic OH excluding ortho intramolecular Hbond substituents is 1. The molecule has 0 spiro atoms. The van der Waals surface area contributed by atoms with Crippen LogP contribution >= 0.6 is 22.6 Å². The lowest BCUT2D eigenvalue weighted by molar-refractivity contribution is 0.470. The van der Waals surface area contributed by atoms with Gasteiger partial charge in [0, 0.05) is 6.04 Å². The third kappa shape index (κ3) is 1.96. The maximum Gasteiger partial charge on any atom is 0.128 e. The molecule has 0 radical (unpaired) electrons. The Labute approximate surface area is 91.5 Å². The molecule has 1 aromatic carbocycles. The number of halogens is 1. The van der Waals surface area contributed by atoms with Gasteiger partial charge in [-0.15, -0.1) is 0 Å². The van der Waals surface area contributed by atoms with E-state index in [-0.39, 0.29) is 0 Å². The molecule has 70 valence electrons. The molecule has 1 fully saturated rings. The van der Waals surface area contributed by atoms with Gasteiger partial charge in [0.2, 0.25) is 0 Å². The topological polar surface area (TPSA) is 32.3 Å². The van der Waals surface area contributed by atoms with Crippen LogP contribution in [-0.4, -0.2) is 11.7 Å². The van der Waals surface area contributed by atoms with Crippen molar-refractivity contribution in [1.82, 2.24) is 5.32 Å². The standard InChI is InChI=1S/C10H12INO/c11-8-6-7(3-4-10(8)13)9-2-1-5-12-9/h3-4,6,9,12-13H,1-2,5H2/t9-/m1/s1. The second-order valence-electron chi connectivity index (χ2n) is 3.36. The van der Waals surface area contributed by atoms with Crippen LogP contribution in [0.4, 0.5) is 0 Å². The third-order valence-corrected chi connectivity index (χ3v) is 3.30. The fraction of sp³-hybridized carbons (Fsp3) is 0.400. The van der Waals surface area contributed by atoms with Crippen molar-refractivity contribution in [3.63, 3.8) is 0 Å². The van der Waals surface area contributed by atoms with E-state index in [1.165, 1.54) is 18.4 Å². The molecule has 0 amide bonds. The summed E-state index contributed by atoms with van der Waals surface area (Å²) in [7, 11) is 0. The van der Waals surface area contributed by atoms with E-state index in [1.54, 1.807) is 6.07 Å². The van der Waals surface area contributed by atoms with Crippen LogP contribution in [0.2, 0.25) is 0 Å². The molecule has 1 atom stereocenters. The highest BCUT2D eigenvalue weighted by molar-refractivity contribution is 14.1. The largest absolute Gasteiger partial charge is 0.507 e. The van der Waals surface area contributed by atoms with Crippen molar-refractivity contribution >= 4 is 22.6 Å². The van der Waals surface area contributed by atoms with E-state index in [4.69, 9.17) is 0 Å². The molecule has 1 aliphatic heterocycles. The van der Waals surface area contributed by atoms with E-state index < -0.39 is 0 Å². The molecule has 0 aliphatic carbocycles. The van der Waals surface area contributed by atoms with Crippen LogP contribution < -0.4 is 5.32 Å². The lowest BCUT2D eigenvalue weighted by Gasteiger charge is -2.11. The Hall–Kier alpha value is -0.290. The van der Waals surface area contributed by atoms with Crippen LogP contribution in [0.3, 0.4) is 0 Å². The maximum absolute atomic E-state index is 9.36. The molecule has 0 bridgehead atoms. The fourth-order valence-corrected chi connectivity index (χ4v) is 2.25. The molecule has 1 heterocycles. The van der Waals surface area contributed by atoms with Gasteiger partial charge in [0.05, 0.1) is 3.57 Å². The summed E-state index contributed by atoms with van der Waals surface area (Å²) in [6, 6.07) is 6.32. The SMILES string of the molecule is Oc1ccc([C@H]2CCCN2)cc1I. The average Bonchev–Trinajstić information content (AvgIpc) is 2.62. The van der Waals surface area contributed by atoms with Crippen molar-refractivity contribution < 1.29 is 5.11 Å². The highest BCUT2D eigenvalue weighted by Crippen LogP contribution is 2.27. The van der Waals surface area contributed by atoms with Gasteiger partial charge in [-0.1, -0.05) is 6.07 Å². The maximum atomic E-state index is 9.36. The van der Waals surface area contributed by atoms with E-state index in [1.807, 2.05) is 6.07 Å². The van der Waals surface area contributed by atoms with Gasteiger partial charge in [0.1, 0.15) is 5.75 Å². The summed E-state index contributed by atoms with van der Waals surface area (Å²) < 4.78 is 0.934. The van der Waals surface area contributed by atoms with Crippen molar-refractivity contribution in [2.24, 2.45) is 0 Å². The fourth-order valence-electron chi connectivity index (χ4n) is 1.71. The molecule has 1 saturated heterocycles. The second kappa shape index (κ2) is 3.84. The third-order valence-electron chi connectivity index (χ3n) is 2.43. The van der Waals surface area contributed by atoms with Crippen molar-refractivity contribution in [3.8, 4) is 5.75 Å². The van der Waals surface area contributed by atoms with Gasteiger partial charge in [0.15, 0.2) is 0 Å². The zero-order chi connectivity index (χ0) is 9.26. The van der Waals surface area contributed by atoms with E-state index >= 15 is 0 Å². The molecule has 2 N–H and O–H groups in total. The summed E-state index contributed by atoms with van der Waals surface area (Å²) in [4.78, 5) is 0. The number of hydrogen-bond donors (Lipinski definition) is 2. The summed E-state index contributed by atoms with van der Waals surface area (Å²) in [5.74, 6) is 0.377. The summed E-state index contributed by atoms with van der Waals surface area (Å²) in [5.41, 5.74) is 1.29. The Morgan fingerprint density at radius 1 is 1.46 bits per heavy atom. The van der Waals surface area contributed by atoms with Gasteiger partial charge in [0.25, 0.3) is 0 Å². The first-order valence-electron chi connectivity index (χ1n) is 4.49. The summed E-state index contributed by atoms with van der Waals surface area (Å²) in [5, 5.41) is 12.8. The minimum Gasteiger partial charge on any atom is -0.507 e. The minimum absolute atomic E-state index is 0.377. The van der Waals surface area contributed by atoms with Gasteiger partial charge in [-0.2, -0.15) is 0 Å². The minimum atomic E-state index is 0.377. The van der Waals surface area contributed by atoms with E-state index in [2.05, 4.69) is 34.0 Å². The Morgan fingerprint density at radius 3 is 2.92 bits per heavy atom. The average molecular weight is 289 g/mol. The first-order chi connectivity index (χ1) is 6.27. The lowest BCUT2D eigenvalue weighted by Crippen LogP contribution is -2.12. The molecule has 2 nitrogen and oxygen atoms in total. The van der Waals surface area contributed by atoms with E-state index in [0.717, 1.165) is 10.1 Å². The highest BCUT2D eigenvalue weighted by Gasteiger charge is 2.16. The molecule has 2 rings (SSSR count). The van der Waals surface area contributed by atoms with Gasteiger partial charge >= 0.3 is 0 Å². The smallest absolute Gasteiger partial charge is 0.128 e. The molecular formula is C10H12INO. The number of aromatic hydroxyl groups is 1. The molecule has 0 aromatic heterocycles. The van der Waals surface area contributed by atoms with Crippen LogP contribution in [0.15, 0.2) is 18.2 Å². The summed E-state index contributed by atoms with van der Waals surface area (Å²) in [6.07, 6.45) is 2.46. The quantitative estimate of drug-likeness (QED) is 0.778. The number of phenols is 1. The number of nitrogens with one attached hydrogen (secondary N) is 1. The number of rotatable bonds is 1. The van der Waals surface area contributed by atoms with Crippen molar-refractivity contribution in [1.29, 1.82) is 0 Å². The second-order valence-corrected chi connectivity index (χ2v) is 4.52. The Kier molecular flexibility index (Phi) is 2.74. The van der Waals surface area contributed by atoms with Crippen LogP contribution in [-0.2, 0) is 0 Å². The van der Waals surface area contributed by atoms with Crippen LogP contribution in [0.1, 0.15) is 24.4 Å².